The van der Waals surface area contributed by atoms with Crippen LogP contribution in [0.4, 0.5) is 4.39 Å². The summed E-state index contributed by atoms with van der Waals surface area (Å²) in [5, 5.41) is 8.50. The van der Waals surface area contributed by atoms with Gasteiger partial charge in [-0.2, -0.15) is 4.39 Å². The van der Waals surface area contributed by atoms with Crippen LogP contribution < -0.4 is 5.56 Å². The fourth-order valence-electron chi connectivity index (χ4n) is 1.25. The van der Waals surface area contributed by atoms with Crippen LogP contribution in [0.1, 0.15) is 26.5 Å². The summed E-state index contributed by atoms with van der Waals surface area (Å²) >= 11 is 0. The monoisotopic (exact) mass is 228 g/mol. The quantitative estimate of drug-likeness (QED) is 0.811. The topological polar surface area (TPSA) is 72.2 Å². The fraction of sp³-hybridized carbons (Fsp3) is 0.500. The molecule has 16 heavy (non-hydrogen) atoms. The van der Waals surface area contributed by atoms with Crippen molar-refractivity contribution in [2.24, 2.45) is 0 Å². The van der Waals surface area contributed by atoms with Crippen LogP contribution in [0.2, 0.25) is 0 Å². The van der Waals surface area contributed by atoms with E-state index in [-0.39, 0.29) is 5.69 Å². The molecule has 0 unspecified atom stereocenters. The molecule has 0 radical (unpaired) electrons. The van der Waals surface area contributed by atoms with Gasteiger partial charge in [0.05, 0.1) is 12.0 Å². The Bertz CT molecular complexity index is 474. The Balaban J connectivity index is 3.30. The minimum Gasteiger partial charge on any atom is -0.480 e. The molecule has 0 aliphatic rings. The normalized spacial score (nSPS) is 11.5. The van der Waals surface area contributed by atoms with E-state index >= 15 is 0 Å². The van der Waals surface area contributed by atoms with Crippen molar-refractivity contribution in [1.82, 2.24) is 9.55 Å². The van der Waals surface area contributed by atoms with Gasteiger partial charge in [-0.3, -0.25) is 14.2 Å². The van der Waals surface area contributed by atoms with Crippen molar-refractivity contribution in [3.05, 3.63) is 28.2 Å². The number of aliphatic carboxylic acids is 1. The summed E-state index contributed by atoms with van der Waals surface area (Å²) in [4.78, 5) is 25.6. The zero-order chi connectivity index (χ0) is 12.5. The van der Waals surface area contributed by atoms with Crippen molar-refractivity contribution in [3.63, 3.8) is 0 Å². The lowest BCUT2D eigenvalue weighted by Crippen LogP contribution is -2.31. The molecule has 6 heteroatoms. The lowest BCUT2D eigenvalue weighted by atomic mass is 9.91. The van der Waals surface area contributed by atoms with Gasteiger partial charge in [0, 0.05) is 5.41 Å². The molecule has 0 spiro atoms. The van der Waals surface area contributed by atoms with Gasteiger partial charge in [0.1, 0.15) is 6.54 Å². The van der Waals surface area contributed by atoms with E-state index in [0.717, 1.165) is 10.9 Å². The van der Waals surface area contributed by atoms with Crippen molar-refractivity contribution in [3.8, 4) is 0 Å². The van der Waals surface area contributed by atoms with Crippen molar-refractivity contribution in [1.29, 1.82) is 0 Å². The average Bonchev–Trinajstić information content (AvgIpc) is 2.10. The van der Waals surface area contributed by atoms with Crippen molar-refractivity contribution in [2.75, 3.05) is 0 Å². The van der Waals surface area contributed by atoms with Crippen molar-refractivity contribution >= 4 is 5.97 Å². The number of rotatable bonds is 2. The van der Waals surface area contributed by atoms with Gasteiger partial charge in [0.25, 0.3) is 5.56 Å². The van der Waals surface area contributed by atoms with Gasteiger partial charge in [0.15, 0.2) is 0 Å². The Labute approximate surface area is 91.6 Å². The summed E-state index contributed by atoms with van der Waals surface area (Å²) in [6, 6.07) is 0. The van der Waals surface area contributed by atoms with Gasteiger partial charge >= 0.3 is 5.97 Å². The van der Waals surface area contributed by atoms with E-state index in [4.69, 9.17) is 5.11 Å². The minimum atomic E-state index is -1.22. The molecule has 0 saturated carbocycles. The number of nitrogens with zero attached hydrogens (tertiary/aromatic N) is 2. The molecule has 5 nitrogen and oxygen atoms in total. The first kappa shape index (κ1) is 12.4. The molecule has 0 fully saturated rings. The van der Waals surface area contributed by atoms with Crippen LogP contribution in [0.15, 0.2) is 11.1 Å². The van der Waals surface area contributed by atoms with Gasteiger partial charge in [0.2, 0.25) is 5.82 Å². The smallest absolute Gasteiger partial charge is 0.323 e. The average molecular weight is 228 g/mol. The number of carbonyl (C=O) groups is 1. The zero-order valence-electron chi connectivity index (χ0n) is 9.32. The highest BCUT2D eigenvalue weighted by atomic mass is 19.1. The zero-order valence-corrected chi connectivity index (χ0v) is 9.32. The molecule has 0 aromatic carbocycles. The maximum Gasteiger partial charge on any atom is 0.323 e. The summed E-state index contributed by atoms with van der Waals surface area (Å²) in [5.74, 6) is -2.21. The highest BCUT2D eigenvalue weighted by Crippen LogP contribution is 2.20. The molecule has 0 aliphatic carbocycles. The first-order valence-corrected chi connectivity index (χ1v) is 4.70. The van der Waals surface area contributed by atoms with Gasteiger partial charge in [-0.25, -0.2) is 4.98 Å². The number of carboxylic acid groups (broad SMARTS) is 1. The summed E-state index contributed by atoms with van der Waals surface area (Å²) in [6.07, 6.45) is 1.06. The molecule has 0 bridgehead atoms. The number of hydrogen-bond acceptors (Lipinski definition) is 3. The molecule has 0 amide bonds. The molecule has 1 aromatic rings. The first-order valence-electron chi connectivity index (χ1n) is 4.70. The Morgan fingerprint density at radius 3 is 2.56 bits per heavy atom. The van der Waals surface area contributed by atoms with E-state index in [1.165, 1.54) is 0 Å². The highest BCUT2D eigenvalue weighted by Gasteiger charge is 2.23. The van der Waals surface area contributed by atoms with Crippen LogP contribution in [-0.4, -0.2) is 20.6 Å². The highest BCUT2D eigenvalue weighted by molar-refractivity contribution is 5.66. The van der Waals surface area contributed by atoms with Crippen LogP contribution in [0, 0.1) is 5.82 Å². The second-order valence-electron chi connectivity index (χ2n) is 4.48. The van der Waals surface area contributed by atoms with E-state index < -0.39 is 29.3 Å². The van der Waals surface area contributed by atoms with Gasteiger partial charge in [-0.1, -0.05) is 20.8 Å². The number of hydrogen-bond donors (Lipinski definition) is 1. The van der Waals surface area contributed by atoms with Gasteiger partial charge in [-0.15, -0.1) is 0 Å². The SMILES string of the molecule is CC(C)(C)c1ncn(CC(=O)O)c(=O)c1F. The predicted octanol–water partition coefficient (Wildman–Crippen LogP) is 0.764. The number of carboxylic acids is 1. The maximum absolute atomic E-state index is 13.6. The Morgan fingerprint density at radius 2 is 2.12 bits per heavy atom. The van der Waals surface area contributed by atoms with Crippen LogP contribution in [0.5, 0.6) is 0 Å². The Kier molecular flexibility index (Phi) is 3.11. The largest absolute Gasteiger partial charge is 0.480 e. The van der Waals surface area contributed by atoms with Crippen molar-refractivity contribution in [2.45, 2.75) is 32.7 Å². The molecule has 0 atom stereocenters. The third-order valence-corrected chi connectivity index (χ3v) is 2.00. The third kappa shape index (κ3) is 2.44. The van der Waals surface area contributed by atoms with Crippen molar-refractivity contribution < 1.29 is 14.3 Å². The van der Waals surface area contributed by atoms with E-state index in [1.54, 1.807) is 20.8 Å². The van der Waals surface area contributed by atoms with Crippen LogP contribution in [-0.2, 0) is 16.8 Å². The molecule has 0 saturated heterocycles. The lowest BCUT2D eigenvalue weighted by molar-refractivity contribution is -0.137. The Hall–Kier alpha value is -1.72. The summed E-state index contributed by atoms with van der Waals surface area (Å²) in [7, 11) is 0. The third-order valence-electron chi connectivity index (χ3n) is 2.00. The Morgan fingerprint density at radius 1 is 1.56 bits per heavy atom. The summed E-state index contributed by atoms with van der Waals surface area (Å²) in [5.41, 5.74) is -1.51. The predicted molar refractivity (Wildman–Crippen MR) is 54.8 cm³/mol. The molecule has 1 heterocycles. The fourth-order valence-corrected chi connectivity index (χ4v) is 1.25. The van der Waals surface area contributed by atoms with Gasteiger partial charge < -0.3 is 5.11 Å². The molecule has 0 aliphatic heterocycles. The first-order chi connectivity index (χ1) is 7.23. The molecular formula is C10H13FN2O3. The van der Waals surface area contributed by atoms with E-state index in [1.807, 2.05) is 0 Å². The second kappa shape index (κ2) is 4.03. The molecule has 1 N–H and O–H groups in total. The van der Waals surface area contributed by atoms with Crippen LogP contribution in [0.25, 0.3) is 0 Å². The maximum atomic E-state index is 13.6. The minimum absolute atomic E-state index is 0.0409. The standard InChI is InChI=1S/C10H13FN2O3/c1-10(2,3)8-7(11)9(16)13(5-12-8)4-6(14)15/h5H,4H2,1-3H3,(H,14,15). The van der Waals surface area contributed by atoms with E-state index in [0.29, 0.717) is 0 Å². The summed E-state index contributed by atoms with van der Waals surface area (Å²) < 4.78 is 14.3. The van der Waals surface area contributed by atoms with E-state index in [9.17, 15) is 14.0 Å². The second-order valence-corrected chi connectivity index (χ2v) is 4.48. The lowest BCUT2D eigenvalue weighted by Gasteiger charge is -2.18. The van der Waals surface area contributed by atoms with Crippen LogP contribution >= 0.6 is 0 Å². The summed E-state index contributed by atoms with van der Waals surface area (Å²) in [6.45, 7) is 4.57. The molecular weight excluding hydrogens is 215 g/mol. The molecule has 1 rings (SSSR count). The number of aromatic nitrogens is 2. The molecule has 88 valence electrons. The molecule has 1 aromatic heterocycles. The number of halogens is 1. The van der Waals surface area contributed by atoms with Crippen LogP contribution in [0.3, 0.4) is 0 Å². The van der Waals surface area contributed by atoms with Gasteiger partial charge in [-0.05, 0) is 0 Å². The van der Waals surface area contributed by atoms with E-state index in [2.05, 4.69) is 4.98 Å².